The minimum atomic E-state index is -0.00765. The van der Waals surface area contributed by atoms with E-state index in [-0.39, 0.29) is 15.0 Å². The number of halogens is 2. The van der Waals surface area contributed by atoms with Gasteiger partial charge in [0.25, 0.3) is 0 Å². The van der Waals surface area contributed by atoms with E-state index in [4.69, 9.17) is 4.74 Å². The number of fused-ring (bicyclic) bond motifs is 1. The fourth-order valence-corrected chi connectivity index (χ4v) is 4.81. The van der Waals surface area contributed by atoms with Crippen LogP contribution in [0.4, 0.5) is 5.69 Å². The summed E-state index contributed by atoms with van der Waals surface area (Å²) in [6, 6.07) is 10.1. The van der Waals surface area contributed by atoms with Crippen molar-refractivity contribution in [3.05, 3.63) is 44.8 Å². The van der Waals surface area contributed by atoms with Crippen LogP contribution in [0.3, 0.4) is 0 Å². The molecule has 0 fully saturated rings. The van der Waals surface area contributed by atoms with Crippen molar-refractivity contribution in [2.24, 2.45) is 0 Å². The Morgan fingerprint density at radius 1 is 1.19 bits per heavy atom. The summed E-state index contributed by atoms with van der Waals surface area (Å²) < 4.78 is 16.0. The molecule has 0 aliphatic carbocycles. The number of aromatic nitrogens is 2. The summed E-state index contributed by atoms with van der Waals surface area (Å²) in [5.74, 6) is 0.802. The third-order valence-corrected chi connectivity index (χ3v) is 5.35. The molecule has 1 N–H and O–H groups in total. The molecular weight excluding hydrogens is 465 g/mol. The molecule has 0 bridgehead atoms. The maximum absolute atomic E-state index is 5.31. The van der Waals surface area contributed by atoms with Gasteiger partial charge in [0.15, 0.2) is 0 Å². The Morgan fingerprint density at radius 2 is 1.95 bits per heavy atom. The molecule has 0 aliphatic rings. The number of methoxy groups -OCH3 is 1. The van der Waals surface area contributed by atoms with E-state index in [1.165, 1.54) is 0 Å². The van der Waals surface area contributed by atoms with Crippen LogP contribution in [0.1, 0.15) is 5.56 Å². The van der Waals surface area contributed by atoms with Gasteiger partial charge in [0.2, 0.25) is 0 Å². The Bertz CT molecular complexity index is 768. The summed E-state index contributed by atoms with van der Waals surface area (Å²) in [7, 11) is 1.66. The molecule has 0 spiro atoms. The van der Waals surface area contributed by atoms with Crippen LogP contribution < -0.4 is 10.1 Å². The Morgan fingerprint density at radius 3 is 2.67 bits per heavy atom. The van der Waals surface area contributed by atoms with Crippen molar-refractivity contribution in [3.8, 4) is 5.75 Å². The van der Waals surface area contributed by atoms with Gasteiger partial charge in [-0.1, -0.05) is 0 Å². The van der Waals surface area contributed by atoms with E-state index >= 15 is 0 Å². The first-order chi connectivity index (χ1) is 10.2. The monoisotopic (exact) mass is 475 g/mol. The van der Waals surface area contributed by atoms with Gasteiger partial charge in [-0.25, -0.2) is 0 Å². The van der Waals surface area contributed by atoms with Crippen LogP contribution in [-0.2, 0) is 6.54 Å². The Hall–Kier alpha value is -0.881. The molecule has 0 atom stereocenters. The van der Waals surface area contributed by atoms with E-state index < -0.39 is 0 Å². The second-order valence-electron chi connectivity index (χ2n) is 4.38. The number of ether oxygens (including phenoxy) is 1. The van der Waals surface area contributed by atoms with Crippen molar-refractivity contribution in [2.45, 2.75) is 6.54 Å². The summed E-state index contributed by atoms with van der Waals surface area (Å²) in [4.78, 5) is 0. The van der Waals surface area contributed by atoms with Crippen LogP contribution in [0.5, 0.6) is 5.75 Å². The van der Waals surface area contributed by atoms with Gasteiger partial charge in [0.1, 0.15) is 0 Å². The second-order valence-corrected chi connectivity index (χ2v) is 7.20. The fraction of sp³-hybridized carbons (Fsp3) is 0.143. The van der Waals surface area contributed by atoms with E-state index in [1.807, 2.05) is 30.3 Å². The Kier molecular flexibility index (Phi) is 4.64. The first kappa shape index (κ1) is 15.0. The maximum atomic E-state index is 5.31. The summed E-state index contributed by atoms with van der Waals surface area (Å²) in [6.45, 7) is 0.708. The molecule has 0 unspecified atom stereocenters. The zero-order valence-electron chi connectivity index (χ0n) is 11.1. The van der Waals surface area contributed by atoms with Crippen LogP contribution in [0, 0.1) is 0 Å². The van der Waals surface area contributed by atoms with Crippen molar-refractivity contribution in [1.29, 1.82) is 0 Å². The molecular formula is C14H11Br2N3OSe. The fourth-order valence-electron chi connectivity index (χ4n) is 2.06. The second kappa shape index (κ2) is 6.48. The number of anilines is 1. The van der Waals surface area contributed by atoms with Gasteiger partial charge < -0.3 is 0 Å². The summed E-state index contributed by atoms with van der Waals surface area (Å²) in [6.07, 6.45) is 0. The van der Waals surface area contributed by atoms with Crippen LogP contribution in [0.25, 0.3) is 11.0 Å². The zero-order chi connectivity index (χ0) is 14.8. The topological polar surface area (TPSA) is 47.0 Å². The van der Waals surface area contributed by atoms with Crippen molar-refractivity contribution < 1.29 is 4.74 Å². The number of benzene rings is 2. The molecule has 21 heavy (non-hydrogen) atoms. The summed E-state index contributed by atoms with van der Waals surface area (Å²) in [5.41, 5.74) is 4.13. The standard InChI is InChI=1S/C14H11Br2N3OSe/c1-20-14-9(15)5-8(6-10(14)16)7-17-11-3-2-4-12-13(11)19-21-18-12/h2-6,17H,7H2,1H3. The van der Waals surface area contributed by atoms with Gasteiger partial charge in [-0.15, -0.1) is 0 Å². The molecule has 0 saturated heterocycles. The molecule has 0 saturated carbocycles. The van der Waals surface area contributed by atoms with E-state index in [0.717, 1.165) is 37.0 Å². The van der Waals surface area contributed by atoms with Crippen LogP contribution in [0.15, 0.2) is 39.3 Å². The first-order valence-electron chi connectivity index (χ1n) is 6.16. The molecule has 0 aliphatic heterocycles. The molecule has 3 aromatic rings. The number of hydrogen-bond acceptors (Lipinski definition) is 4. The van der Waals surface area contributed by atoms with Crippen LogP contribution in [-0.4, -0.2) is 30.0 Å². The normalized spacial score (nSPS) is 10.8. The summed E-state index contributed by atoms with van der Waals surface area (Å²) >= 11 is 7.03. The van der Waals surface area contributed by atoms with Gasteiger partial charge in [-0.2, -0.15) is 0 Å². The number of nitrogens with zero attached hydrogens (tertiary/aromatic N) is 2. The van der Waals surface area contributed by atoms with Gasteiger partial charge in [0.05, 0.1) is 0 Å². The van der Waals surface area contributed by atoms with Crippen molar-refractivity contribution in [2.75, 3.05) is 12.4 Å². The van der Waals surface area contributed by atoms with Gasteiger partial charge in [-0.3, -0.25) is 0 Å². The molecule has 7 heteroatoms. The van der Waals surface area contributed by atoms with Crippen molar-refractivity contribution >= 4 is 63.5 Å². The molecule has 0 amide bonds. The molecule has 3 rings (SSSR count). The average Bonchev–Trinajstić information content (AvgIpc) is 2.93. The Labute approximate surface area is 145 Å². The predicted molar refractivity (Wildman–Crippen MR) is 92.2 cm³/mol. The Balaban J connectivity index is 1.83. The predicted octanol–water partition coefficient (Wildman–Crippen LogP) is 3.83. The van der Waals surface area contributed by atoms with Crippen molar-refractivity contribution in [1.82, 2.24) is 7.96 Å². The van der Waals surface area contributed by atoms with E-state index in [2.05, 4.69) is 45.1 Å². The number of rotatable bonds is 4. The van der Waals surface area contributed by atoms with E-state index in [1.54, 1.807) is 7.11 Å². The average molecular weight is 476 g/mol. The van der Waals surface area contributed by atoms with E-state index in [9.17, 15) is 0 Å². The third-order valence-electron chi connectivity index (χ3n) is 3.03. The van der Waals surface area contributed by atoms with E-state index in [0.29, 0.717) is 6.54 Å². The number of nitrogens with one attached hydrogen (secondary N) is 1. The van der Waals surface area contributed by atoms with Gasteiger partial charge >= 0.3 is 146 Å². The van der Waals surface area contributed by atoms with Crippen molar-refractivity contribution in [3.63, 3.8) is 0 Å². The number of hydrogen-bond donors (Lipinski definition) is 1. The molecule has 4 nitrogen and oxygen atoms in total. The zero-order valence-corrected chi connectivity index (χ0v) is 15.9. The molecule has 0 radical (unpaired) electrons. The molecule has 1 heterocycles. The summed E-state index contributed by atoms with van der Waals surface area (Å²) in [5, 5.41) is 3.43. The minimum absolute atomic E-state index is 0.00765. The third kappa shape index (κ3) is 3.16. The van der Waals surface area contributed by atoms with Gasteiger partial charge in [0, 0.05) is 0 Å². The van der Waals surface area contributed by atoms with Crippen LogP contribution >= 0.6 is 31.9 Å². The van der Waals surface area contributed by atoms with Gasteiger partial charge in [-0.05, 0) is 0 Å². The molecule has 2 aromatic carbocycles. The SMILES string of the molecule is COc1c(Br)cc(CNc2cccc3n[se]nc23)cc1Br. The first-order valence-corrected chi connectivity index (χ1v) is 9.28. The molecule has 108 valence electrons. The quantitative estimate of drug-likeness (QED) is 0.582. The van der Waals surface area contributed by atoms with Crippen LogP contribution in [0.2, 0.25) is 0 Å². The molecule has 1 aromatic heterocycles.